The second-order valence-electron chi connectivity index (χ2n) is 4.35. The Kier molecular flexibility index (Phi) is 6.02. The van der Waals surface area contributed by atoms with Crippen molar-refractivity contribution in [2.75, 3.05) is 0 Å². The molecule has 0 amide bonds. The summed E-state index contributed by atoms with van der Waals surface area (Å²) in [7, 11) is -4.19. The molecule has 0 aliphatic heterocycles. The molecular weight excluding hydrogens is 271 g/mol. The van der Waals surface area contributed by atoms with Gasteiger partial charge in [0, 0.05) is 5.39 Å². The minimum absolute atomic E-state index is 0. The van der Waals surface area contributed by atoms with Crippen LogP contribution >= 0.6 is 0 Å². The van der Waals surface area contributed by atoms with Gasteiger partial charge in [-0.1, -0.05) is 49.7 Å². The van der Waals surface area contributed by atoms with E-state index in [1.54, 1.807) is 18.2 Å². The van der Waals surface area contributed by atoms with Gasteiger partial charge in [0.1, 0.15) is 4.90 Å². The average Bonchev–Trinajstić information content (AvgIpc) is 2.34. The summed E-state index contributed by atoms with van der Waals surface area (Å²) in [6, 6.07) is 10.9. The van der Waals surface area contributed by atoms with Crippen LogP contribution in [0, 0.1) is 0 Å². The van der Waals surface area contributed by atoms with Gasteiger partial charge in [0.2, 0.25) is 0 Å². The molecule has 0 fully saturated rings. The van der Waals surface area contributed by atoms with Crippen molar-refractivity contribution in [3.05, 3.63) is 42.0 Å². The summed E-state index contributed by atoms with van der Waals surface area (Å²) in [5.74, 6) is 0. The van der Waals surface area contributed by atoms with Crippen LogP contribution < -0.4 is 29.6 Å². The van der Waals surface area contributed by atoms with Crippen molar-refractivity contribution in [2.45, 2.75) is 31.1 Å². The van der Waals surface area contributed by atoms with E-state index >= 15 is 0 Å². The second kappa shape index (κ2) is 6.86. The van der Waals surface area contributed by atoms with Crippen LogP contribution in [0.2, 0.25) is 0 Å². The first-order valence-corrected chi connectivity index (χ1v) is 7.46. The molecule has 0 unspecified atom stereocenters. The fourth-order valence-electron chi connectivity index (χ4n) is 2.16. The first-order valence-electron chi connectivity index (χ1n) is 6.02. The van der Waals surface area contributed by atoms with Crippen molar-refractivity contribution in [1.82, 2.24) is 0 Å². The molecule has 0 aromatic heterocycles. The summed E-state index contributed by atoms with van der Waals surface area (Å²) in [4.78, 5) is 0.0639. The normalized spacial score (nSPS) is 11.3. The maximum atomic E-state index is 11.6. The first-order chi connectivity index (χ1) is 8.54. The van der Waals surface area contributed by atoms with Gasteiger partial charge in [-0.3, -0.25) is 4.55 Å². The molecule has 0 aliphatic rings. The van der Waals surface area contributed by atoms with E-state index < -0.39 is 10.1 Å². The van der Waals surface area contributed by atoms with Crippen LogP contribution in [0.1, 0.15) is 26.8 Å². The summed E-state index contributed by atoms with van der Waals surface area (Å²) >= 11 is 0. The Morgan fingerprint density at radius 2 is 1.84 bits per heavy atom. The van der Waals surface area contributed by atoms with Crippen LogP contribution in [-0.2, 0) is 16.5 Å². The van der Waals surface area contributed by atoms with Crippen LogP contribution in [0.15, 0.2) is 41.3 Å². The topological polar surface area (TPSA) is 54.4 Å². The number of fused-ring (bicyclic) bond motifs is 1. The van der Waals surface area contributed by atoms with Crippen molar-refractivity contribution in [1.29, 1.82) is 0 Å². The number of benzene rings is 2. The van der Waals surface area contributed by atoms with Gasteiger partial charge in [-0.15, -0.1) is 0 Å². The molecule has 0 heterocycles. The Morgan fingerprint density at radius 3 is 2.47 bits per heavy atom. The van der Waals surface area contributed by atoms with E-state index in [1.165, 1.54) is 0 Å². The quantitative estimate of drug-likeness (QED) is 0.660. The summed E-state index contributed by atoms with van der Waals surface area (Å²) < 4.78 is 32.6. The maximum absolute atomic E-state index is 11.6. The standard InChI is InChI=1S/C14H16O3S.Na.H/c1-2-3-6-12-10-9-11-7-4-5-8-13(11)14(12)18(15,16)17;;/h4-5,7-10H,2-3,6H2,1H3,(H,15,16,17);;/q;+1;-1. The summed E-state index contributed by atoms with van der Waals surface area (Å²) in [5, 5.41) is 1.42. The van der Waals surface area contributed by atoms with Crippen LogP contribution in [0.5, 0.6) is 0 Å². The van der Waals surface area contributed by atoms with Crippen molar-refractivity contribution in [2.24, 2.45) is 0 Å². The third kappa shape index (κ3) is 3.80. The minimum Gasteiger partial charge on any atom is -1.00 e. The number of unbranched alkanes of at least 4 members (excludes halogenated alkanes) is 1. The van der Waals surface area contributed by atoms with Crippen LogP contribution in [0.25, 0.3) is 10.8 Å². The van der Waals surface area contributed by atoms with Gasteiger partial charge in [-0.25, -0.2) is 0 Å². The molecule has 5 heteroatoms. The summed E-state index contributed by atoms with van der Waals surface area (Å²) in [6.45, 7) is 2.05. The summed E-state index contributed by atoms with van der Waals surface area (Å²) in [6.07, 6.45) is 2.55. The van der Waals surface area contributed by atoms with Gasteiger partial charge in [-0.05, 0) is 23.8 Å². The predicted octanol–water partition coefficient (Wildman–Crippen LogP) is 0.546. The maximum Gasteiger partial charge on any atom is 1.00 e. The molecule has 19 heavy (non-hydrogen) atoms. The molecule has 0 saturated carbocycles. The molecule has 98 valence electrons. The number of hydrogen-bond donors (Lipinski definition) is 1. The van der Waals surface area contributed by atoms with Gasteiger partial charge in [-0.2, -0.15) is 8.42 Å². The van der Waals surface area contributed by atoms with Crippen LogP contribution in [-0.4, -0.2) is 13.0 Å². The minimum atomic E-state index is -4.19. The summed E-state index contributed by atoms with van der Waals surface area (Å²) in [5.41, 5.74) is 0.693. The molecular formula is C14H17NaO3S. The Labute approximate surface area is 137 Å². The van der Waals surface area contributed by atoms with E-state index in [4.69, 9.17) is 0 Å². The average molecular weight is 288 g/mol. The zero-order chi connectivity index (χ0) is 13.2. The van der Waals surface area contributed by atoms with E-state index in [1.807, 2.05) is 25.1 Å². The van der Waals surface area contributed by atoms with Gasteiger partial charge >= 0.3 is 29.6 Å². The zero-order valence-electron chi connectivity index (χ0n) is 12.3. The number of aryl methyl sites for hydroxylation is 1. The molecule has 2 rings (SSSR count). The second-order valence-corrected chi connectivity index (χ2v) is 5.71. The van der Waals surface area contributed by atoms with E-state index in [0.29, 0.717) is 17.4 Å². The van der Waals surface area contributed by atoms with E-state index in [2.05, 4.69) is 0 Å². The van der Waals surface area contributed by atoms with E-state index in [-0.39, 0.29) is 35.9 Å². The Bertz CT molecular complexity index is 671. The third-order valence-corrected chi connectivity index (χ3v) is 4.02. The molecule has 3 nitrogen and oxygen atoms in total. The van der Waals surface area contributed by atoms with Crippen LogP contribution in [0.4, 0.5) is 0 Å². The number of hydrogen-bond acceptors (Lipinski definition) is 2. The smallest absolute Gasteiger partial charge is 1.00 e. The van der Waals surface area contributed by atoms with Crippen LogP contribution in [0.3, 0.4) is 0 Å². The van der Waals surface area contributed by atoms with E-state index in [0.717, 1.165) is 18.2 Å². The van der Waals surface area contributed by atoms with Crippen molar-refractivity contribution in [3.63, 3.8) is 0 Å². The van der Waals surface area contributed by atoms with E-state index in [9.17, 15) is 13.0 Å². The fourth-order valence-corrected chi connectivity index (χ4v) is 3.12. The van der Waals surface area contributed by atoms with Gasteiger partial charge in [0.25, 0.3) is 10.1 Å². The van der Waals surface area contributed by atoms with Crippen molar-refractivity contribution in [3.8, 4) is 0 Å². The Hall–Kier alpha value is -0.390. The molecule has 0 spiro atoms. The van der Waals surface area contributed by atoms with Crippen molar-refractivity contribution >= 4 is 20.9 Å². The van der Waals surface area contributed by atoms with Crippen molar-refractivity contribution < 1.29 is 44.0 Å². The molecule has 0 bridgehead atoms. The molecule has 2 aromatic carbocycles. The van der Waals surface area contributed by atoms with Gasteiger partial charge in [0.15, 0.2) is 0 Å². The SMILES string of the molecule is CCCCc1ccc2ccccc2c1S(=O)(=O)O.[H-].[Na+]. The molecule has 0 radical (unpaired) electrons. The Balaban J connectivity index is 0.00000180. The molecule has 1 N–H and O–H groups in total. The largest absolute Gasteiger partial charge is 1.00 e. The fraction of sp³-hybridized carbons (Fsp3) is 0.286. The molecule has 0 atom stereocenters. The van der Waals surface area contributed by atoms with Gasteiger partial charge < -0.3 is 1.43 Å². The predicted molar refractivity (Wildman–Crippen MR) is 73.5 cm³/mol. The Morgan fingerprint density at radius 1 is 1.16 bits per heavy atom. The molecule has 0 aliphatic carbocycles. The third-order valence-electron chi connectivity index (χ3n) is 3.02. The monoisotopic (exact) mass is 288 g/mol. The van der Waals surface area contributed by atoms with Gasteiger partial charge in [0.05, 0.1) is 0 Å². The number of rotatable bonds is 4. The zero-order valence-corrected chi connectivity index (χ0v) is 14.1. The first kappa shape index (κ1) is 16.7. The molecule has 0 saturated heterocycles. The molecule has 2 aromatic rings.